The van der Waals surface area contributed by atoms with E-state index in [9.17, 15) is 4.79 Å². The molecule has 0 spiro atoms. The van der Waals surface area contributed by atoms with Crippen LogP contribution in [0.5, 0.6) is 17.2 Å². The van der Waals surface area contributed by atoms with Gasteiger partial charge in [-0.2, -0.15) is 0 Å². The Bertz CT molecular complexity index is 705. The van der Waals surface area contributed by atoms with E-state index in [4.69, 9.17) is 25.8 Å². The number of fused-ring (bicyclic) bond motifs is 1. The normalized spacial score (nSPS) is 12.6. The molecule has 120 valence electrons. The van der Waals surface area contributed by atoms with Gasteiger partial charge in [0.2, 0.25) is 0 Å². The summed E-state index contributed by atoms with van der Waals surface area (Å²) in [6.45, 7) is 1.40. The number of nitrogens with one attached hydrogen (secondary N) is 1. The van der Waals surface area contributed by atoms with E-state index in [2.05, 4.69) is 5.32 Å². The SMILES string of the molecule is O=C(COc1ccccc1Cl)NCc1ccc2c(c1)OCCO2. The van der Waals surface area contributed by atoms with Gasteiger partial charge in [-0.15, -0.1) is 0 Å². The molecule has 0 bridgehead atoms. The molecule has 0 aromatic heterocycles. The minimum absolute atomic E-state index is 0.0890. The maximum atomic E-state index is 11.9. The van der Waals surface area contributed by atoms with E-state index in [0.29, 0.717) is 36.3 Å². The minimum atomic E-state index is -0.222. The van der Waals surface area contributed by atoms with Gasteiger partial charge >= 0.3 is 0 Å². The molecule has 2 aromatic carbocycles. The Hall–Kier alpha value is -2.40. The molecule has 2 aromatic rings. The summed E-state index contributed by atoms with van der Waals surface area (Å²) in [5.74, 6) is 1.70. The fourth-order valence-electron chi connectivity index (χ4n) is 2.15. The monoisotopic (exact) mass is 333 g/mol. The fourth-order valence-corrected chi connectivity index (χ4v) is 2.34. The number of hydrogen-bond acceptors (Lipinski definition) is 4. The lowest BCUT2D eigenvalue weighted by atomic mass is 10.2. The van der Waals surface area contributed by atoms with Crippen molar-refractivity contribution in [3.05, 3.63) is 53.1 Å². The third-order valence-corrected chi connectivity index (χ3v) is 3.60. The summed E-state index contributed by atoms with van der Waals surface area (Å²) in [6.07, 6.45) is 0. The van der Waals surface area contributed by atoms with Gasteiger partial charge in [-0.1, -0.05) is 29.8 Å². The van der Waals surface area contributed by atoms with Crippen LogP contribution in [-0.2, 0) is 11.3 Å². The highest BCUT2D eigenvalue weighted by molar-refractivity contribution is 6.32. The number of carbonyl (C=O) groups excluding carboxylic acids is 1. The van der Waals surface area contributed by atoms with Gasteiger partial charge in [-0.05, 0) is 29.8 Å². The van der Waals surface area contributed by atoms with Gasteiger partial charge in [0.25, 0.3) is 5.91 Å². The average molecular weight is 334 g/mol. The van der Waals surface area contributed by atoms with Gasteiger partial charge in [0, 0.05) is 6.54 Å². The zero-order chi connectivity index (χ0) is 16.1. The van der Waals surface area contributed by atoms with Crippen LogP contribution in [0.3, 0.4) is 0 Å². The Morgan fingerprint density at radius 3 is 2.74 bits per heavy atom. The molecule has 0 unspecified atom stereocenters. The van der Waals surface area contributed by atoms with Gasteiger partial charge in [0.15, 0.2) is 18.1 Å². The second-order valence-corrected chi connectivity index (χ2v) is 5.38. The summed E-state index contributed by atoms with van der Waals surface area (Å²) in [7, 11) is 0. The lowest BCUT2D eigenvalue weighted by Crippen LogP contribution is -2.28. The standard InChI is InChI=1S/C17H16ClNO4/c18-13-3-1-2-4-14(13)23-11-17(20)19-10-12-5-6-15-16(9-12)22-8-7-21-15/h1-6,9H,7-8,10-11H2,(H,19,20). The summed E-state index contributed by atoms with van der Waals surface area (Å²) in [5.41, 5.74) is 0.931. The Morgan fingerprint density at radius 1 is 1.13 bits per heavy atom. The van der Waals surface area contributed by atoms with Crippen molar-refractivity contribution >= 4 is 17.5 Å². The predicted molar refractivity (Wildman–Crippen MR) is 86.2 cm³/mol. The van der Waals surface area contributed by atoms with Crippen LogP contribution in [0, 0.1) is 0 Å². The van der Waals surface area contributed by atoms with Gasteiger partial charge in [0.1, 0.15) is 19.0 Å². The minimum Gasteiger partial charge on any atom is -0.486 e. The molecule has 0 saturated carbocycles. The van der Waals surface area contributed by atoms with Crippen LogP contribution in [0.25, 0.3) is 0 Å². The Labute approximate surface area is 139 Å². The molecule has 0 fully saturated rings. The van der Waals surface area contributed by atoms with E-state index in [0.717, 1.165) is 11.3 Å². The third-order valence-electron chi connectivity index (χ3n) is 3.29. The zero-order valence-electron chi connectivity index (χ0n) is 12.4. The first-order valence-corrected chi connectivity index (χ1v) is 7.63. The molecule has 1 heterocycles. The first-order valence-electron chi connectivity index (χ1n) is 7.25. The third kappa shape index (κ3) is 4.07. The number of para-hydroxylation sites is 1. The lowest BCUT2D eigenvalue weighted by Gasteiger charge is -2.19. The summed E-state index contributed by atoms with van der Waals surface area (Å²) in [4.78, 5) is 11.9. The van der Waals surface area contributed by atoms with Gasteiger partial charge in [-0.25, -0.2) is 0 Å². The molecule has 3 rings (SSSR count). The van der Waals surface area contributed by atoms with E-state index in [1.54, 1.807) is 24.3 Å². The van der Waals surface area contributed by atoms with E-state index in [1.807, 2.05) is 18.2 Å². The molecule has 0 radical (unpaired) electrons. The smallest absolute Gasteiger partial charge is 0.258 e. The van der Waals surface area contributed by atoms with Crippen molar-refractivity contribution in [2.45, 2.75) is 6.54 Å². The van der Waals surface area contributed by atoms with Crippen LogP contribution >= 0.6 is 11.6 Å². The topological polar surface area (TPSA) is 56.8 Å². The molecule has 23 heavy (non-hydrogen) atoms. The fraction of sp³-hybridized carbons (Fsp3) is 0.235. The van der Waals surface area contributed by atoms with Crippen molar-refractivity contribution < 1.29 is 19.0 Å². The number of ether oxygens (including phenoxy) is 3. The van der Waals surface area contributed by atoms with Crippen LogP contribution in [0.2, 0.25) is 5.02 Å². The average Bonchev–Trinajstić information content (AvgIpc) is 2.59. The Morgan fingerprint density at radius 2 is 1.91 bits per heavy atom. The van der Waals surface area contributed by atoms with Crippen molar-refractivity contribution in [2.75, 3.05) is 19.8 Å². The highest BCUT2D eigenvalue weighted by Gasteiger charge is 2.12. The molecular weight excluding hydrogens is 318 g/mol. The molecular formula is C17H16ClNO4. The van der Waals surface area contributed by atoms with Crippen LogP contribution < -0.4 is 19.5 Å². The summed E-state index contributed by atoms with van der Waals surface area (Å²) < 4.78 is 16.4. The lowest BCUT2D eigenvalue weighted by molar-refractivity contribution is -0.123. The zero-order valence-corrected chi connectivity index (χ0v) is 13.1. The second kappa shape index (κ2) is 7.24. The number of halogens is 1. The summed E-state index contributed by atoms with van der Waals surface area (Å²) in [5, 5.41) is 3.27. The van der Waals surface area contributed by atoms with E-state index in [-0.39, 0.29) is 12.5 Å². The van der Waals surface area contributed by atoms with Crippen molar-refractivity contribution in [2.24, 2.45) is 0 Å². The molecule has 6 heteroatoms. The quantitative estimate of drug-likeness (QED) is 0.914. The second-order valence-electron chi connectivity index (χ2n) is 4.97. The molecule has 1 aliphatic rings. The van der Waals surface area contributed by atoms with Crippen LogP contribution in [0.15, 0.2) is 42.5 Å². The summed E-state index contributed by atoms with van der Waals surface area (Å²) >= 11 is 5.97. The van der Waals surface area contributed by atoms with Crippen LogP contribution in [-0.4, -0.2) is 25.7 Å². The molecule has 0 saturated heterocycles. The number of carbonyl (C=O) groups is 1. The van der Waals surface area contributed by atoms with Crippen molar-refractivity contribution in [1.29, 1.82) is 0 Å². The summed E-state index contributed by atoms with van der Waals surface area (Å²) in [6, 6.07) is 12.6. The Kier molecular flexibility index (Phi) is 4.88. The molecule has 0 aliphatic carbocycles. The van der Waals surface area contributed by atoms with Gasteiger partial charge in [-0.3, -0.25) is 4.79 Å². The Balaban J connectivity index is 1.50. The van der Waals surface area contributed by atoms with Crippen molar-refractivity contribution in [1.82, 2.24) is 5.32 Å². The van der Waals surface area contributed by atoms with Crippen molar-refractivity contribution in [3.63, 3.8) is 0 Å². The number of amides is 1. The first kappa shape index (κ1) is 15.5. The highest BCUT2D eigenvalue weighted by Crippen LogP contribution is 2.30. The predicted octanol–water partition coefficient (Wildman–Crippen LogP) is 2.81. The maximum Gasteiger partial charge on any atom is 0.258 e. The highest BCUT2D eigenvalue weighted by atomic mass is 35.5. The van der Waals surface area contributed by atoms with E-state index in [1.165, 1.54) is 0 Å². The molecule has 0 atom stereocenters. The van der Waals surface area contributed by atoms with E-state index < -0.39 is 0 Å². The maximum absolute atomic E-state index is 11.9. The number of benzene rings is 2. The van der Waals surface area contributed by atoms with Gasteiger partial charge in [0.05, 0.1) is 5.02 Å². The number of hydrogen-bond donors (Lipinski definition) is 1. The molecule has 1 aliphatic heterocycles. The first-order chi connectivity index (χ1) is 11.2. The number of rotatable bonds is 5. The molecule has 5 nitrogen and oxygen atoms in total. The van der Waals surface area contributed by atoms with Crippen LogP contribution in [0.4, 0.5) is 0 Å². The van der Waals surface area contributed by atoms with E-state index >= 15 is 0 Å². The van der Waals surface area contributed by atoms with Crippen molar-refractivity contribution in [3.8, 4) is 17.2 Å². The molecule has 1 amide bonds. The molecule has 1 N–H and O–H groups in total. The largest absolute Gasteiger partial charge is 0.486 e. The van der Waals surface area contributed by atoms with Crippen LogP contribution in [0.1, 0.15) is 5.56 Å². The van der Waals surface area contributed by atoms with Gasteiger partial charge < -0.3 is 19.5 Å².